The van der Waals surface area contributed by atoms with Crippen LogP contribution in [0.4, 0.5) is 5.69 Å². The predicted octanol–water partition coefficient (Wildman–Crippen LogP) is 1.69. The van der Waals surface area contributed by atoms with E-state index in [9.17, 15) is 4.79 Å². The van der Waals surface area contributed by atoms with Crippen LogP contribution in [0.15, 0.2) is 21.8 Å². The van der Waals surface area contributed by atoms with Gasteiger partial charge in [0.15, 0.2) is 0 Å². The summed E-state index contributed by atoms with van der Waals surface area (Å²) in [4.78, 5) is 15.6. The average molecular weight is 277 g/mol. The number of anilines is 1. The van der Waals surface area contributed by atoms with Crippen molar-refractivity contribution in [3.63, 3.8) is 0 Å². The smallest absolute Gasteiger partial charge is 0.315 e. The van der Waals surface area contributed by atoms with Gasteiger partial charge < -0.3 is 10.5 Å². The lowest BCUT2D eigenvalue weighted by molar-refractivity contribution is -0.137. The highest BCUT2D eigenvalue weighted by molar-refractivity contribution is 9.10. The highest BCUT2D eigenvalue weighted by atomic mass is 79.9. The summed E-state index contributed by atoms with van der Waals surface area (Å²) < 4.78 is 5.30. The van der Waals surface area contributed by atoms with Crippen molar-refractivity contribution in [1.29, 1.82) is 0 Å². The molecule has 76 valence electrons. The number of nitrogen functional groups attached to an aromatic ring is 1. The van der Waals surface area contributed by atoms with E-state index in [2.05, 4.69) is 25.7 Å². The molecule has 0 aliphatic carbocycles. The van der Waals surface area contributed by atoms with E-state index >= 15 is 0 Å². The van der Waals surface area contributed by atoms with Crippen molar-refractivity contribution in [2.24, 2.45) is 0 Å². The molecule has 1 aromatic rings. The molecule has 4 nitrogen and oxygen atoms in total. The molecule has 1 rings (SSSR count). The minimum absolute atomic E-state index is 0.239. The van der Waals surface area contributed by atoms with Crippen LogP contribution in [0.1, 0.15) is 0 Å². The first kappa shape index (κ1) is 11.3. The molecule has 0 saturated carbocycles. The highest BCUT2D eigenvalue weighted by Gasteiger charge is 2.08. The van der Waals surface area contributed by atoms with Gasteiger partial charge in [-0.1, -0.05) is 0 Å². The van der Waals surface area contributed by atoms with Crippen molar-refractivity contribution in [3.05, 3.63) is 16.9 Å². The average Bonchev–Trinajstić information content (AvgIpc) is 2.16. The number of hydrogen-bond donors (Lipinski definition) is 1. The summed E-state index contributed by atoms with van der Waals surface area (Å²) in [6.45, 7) is 0. The molecule has 6 heteroatoms. The van der Waals surface area contributed by atoms with Crippen molar-refractivity contribution < 1.29 is 9.53 Å². The van der Waals surface area contributed by atoms with Crippen molar-refractivity contribution in [2.75, 3.05) is 18.6 Å². The van der Waals surface area contributed by atoms with Crippen molar-refractivity contribution in [1.82, 2.24) is 4.98 Å². The van der Waals surface area contributed by atoms with E-state index < -0.39 is 0 Å². The number of hydrogen-bond acceptors (Lipinski definition) is 5. The number of halogens is 1. The molecular weight excluding hydrogens is 268 g/mol. The molecule has 2 N–H and O–H groups in total. The van der Waals surface area contributed by atoms with Crippen molar-refractivity contribution in [2.45, 2.75) is 4.90 Å². The first-order valence-electron chi connectivity index (χ1n) is 3.73. The van der Waals surface area contributed by atoms with Crippen LogP contribution < -0.4 is 5.73 Å². The first-order valence-corrected chi connectivity index (χ1v) is 5.51. The summed E-state index contributed by atoms with van der Waals surface area (Å²) in [6.07, 6.45) is 3.18. The van der Waals surface area contributed by atoms with Gasteiger partial charge in [0.05, 0.1) is 29.2 Å². The number of nitrogens with two attached hydrogens (primary N) is 1. The number of carbonyl (C=O) groups excluding carboxylic acids is 1. The molecule has 0 atom stereocenters. The highest BCUT2D eigenvalue weighted by Crippen LogP contribution is 2.31. The third-order valence-electron chi connectivity index (χ3n) is 1.44. The zero-order chi connectivity index (χ0) is 10.6. The topological polar surface area (TPSA) is 65.2 Å². The van der Waals surface area contributed by atoms with Gasteiger partial charge in [-0.15, -0.1) is 11.8 Å². The van der Waals surface area contributed by atoms with Gasteiger partial charge >= 0.3 is 5.97 Å². The minimum atomic E-state index is -0.280. The second kappa shape index (κ2) is 5.21. The Morgan fingerprint density at radius 2 is 2.43 bits per heavy atom. The van der Waals surface area contributed by atoms with E-state index in [4.69, 9.17) is 5.73 Å². The van der Waals surface area contributed by atoms with Gasteiger partial charge in [0.2, 0.25) is 0 Å². The van der Waals surface area contributed by atoms with Crippen LogP contribution in [0.25, 0.3) is 0 Å². The fourth-order valence-corrected chi connectivity index (χ4v) is 2.26. The van der Waals surface area contributed by atoms with Crippen LogP contribution in [-0.4, -0.2) is 23.8 Å². The number of methoxy groups -OCH3 is 1. The Bertz CT molecular complexity index is 326. The maximum absolute atomic E-state index is 10.9. The molecule has 0 aliphatic rings. The standard InChI is InChI=1S/C8H9BrN2O2S/c1-13-7(12)4-14-8-5(9)2-11-3-6(8)10/h2-3H,4,10H2,1H3. The van der Waals surface area contributed by atoms with E-state index in [0.29, 0.717) is 5.69 Å². The van der Waals surface area contributed by atoms with Crippen LogP contribution in [0.2, 0.25) is 0 Å². The number of pyridine rings is 1. The second-order valence-corrected chi connectivity index (χ2v) is 4.24. The predicted molar refractivity (Wildman–Crippen MR) is 59.1 cm³/mol. The van der Waals surface area contributed by atoms with E-state index in [1.807, 2.05) is 0 Å². The maximum atomic E-state index is 10.9. The quantitative estimate of drug-likeness (QED) is 0.672. The lowest BCUT2D eigenvalue weighted by Gasteiger charge is -2.05. The molecule has 0 aromatic carbocycles. The van der Waals surface area contributed by atoms with E-state index in [0.717, 1.165) is 9.37 Å². The van der Waals surface area contributed by atoms with Gasteiger partial charge in [0.1, 0.15) is 0 Å². The van der Waals surface area contributed by atoms with Crippen LogP contribution >= 0.6 is 27.7 Å². The molecule has 1 aromatic heterocycles. The lowest BCUT2D eigenvalue weighted by Crippen LogP contribution is -2.03. The monoisotopic (exact) mass is 276 g/mol. The summed E-state index contributed by atoms with van der Waals surface area (Å²) in [5, 5.41) is 0. The molecule has 0 bridgehead atoms. The number of aromatic nitrogens is 1. The number of thioether (sulfide) groups is 1. The van der Waals surface area contributed by atoms with Gasteiger partial charge in [-0.2, -0.15) is 0 Å². The summed E-state index contributed by atoms with van der Waals surface area (Å²) in [5.74, 6) is -0.0401. The SMILES string of the molecule is COC(=O)CSc1c(N)cncc1Br. The second-order valence-electron chi connectivity index (χ2n) is 2.40. The van der Waals surface area contributed by atoms with Crippen LogP contribution in [0.5, 0.6) is 0 Å². The van der Waals surface area contributed by atoms with Gasteiger partial charge in [0.25, 0.3) is 0 Å². The summed E-state index contributed by atoms with van der Waals surface area (Å²) >= 11 is 4.62. The Morgan fingerprint density at radius 3 is 3.00 bits per heavy atom. The molecule has 0 spiro atoms. The number of rotatable bonds is 3. The first-order chi connectivity index (χ1) is 6.65. The lowest BCUT2D eigenvalue weighted by atomic mass is 10.4. The Hall–Kier alpha value is -0.750. The minimum Gasteiger partial charge on any atom is -0.468 e. The molecule has 0 unspecified atom stereocenters. The number of ether oxygens (including phenoxy) is 1. The van der Waals surface area contributed by atoms with Gasteiger partial charge in [-0.05, 0) is 15.9 Å². The summed E-state index contributed by atoms with van der Waals surface area (Å²) in [6, 6.07) is 0. The molecule has 0 fully saturated rings. The van der Waals surface area contributed by atoms with Crippen LogP contribution in [-0.2, 0) is 9.53 Å². The Kier molecular flexibility index (Phi) is 4.21. The van der Waals surface area contributed by atoms with Crippen molar-refractivity contribution in [3.8, 4) is 0 Å². The summed E-state index contributed by atoms with van der Waals surface area (Å²) in [7, 11) is 1.36. The maximum Gasteiger partial charge on any atom is 0.315 e. The fourth-order valence-electron chi connectivity index (χ4n) is 0.780. The molecule has 0 aliphatic heterocycles. The van der Waals surface area contributed by atoms with Gasteiger partial charge in [-0.25, -0.2) is 0 Å². The number of carbonyl (C=O) groups is 1. The summed E-state index contributed by atoms with van der Waals surface area (Å²) in [5.41, 5.74) is 6.23. The zero-order valence-corrected chi connectivity index (χ0v) is 9.89. The van der Waals surface area contributed by atoms with Crippen LogP contribution in [0.3, 0.4) is 0 Å². The van der Waals surface area contributed by atoms with E-state index in [-0.39, 0.29) is 11.7 Å². The molecule has 0 amide bonds. The third-order valence-corrected chi connectivity index (χ3v) is 3.43. The Balaban J connectivity index is 2.71. The number of esters is 1. The van der Waals surface area contributed by atoms with Crippen LogP contribution in [0, 0.1) is 0 Å². The fraction of sp³-hybridized carbons (Fsp3) is 0.250. The Labute approximate surface area is 94.4 Å². The number of nitrogens with zero attached hydrogens (tertiary/aromatic N) is 1. The normalized spacial score (nSPS) is 9.86. The molecule has 0 saturated heterocycles. The van der Waals surface area contributed by atoms with E-state index in [1.54, 1.807) is 12.4 Å². The van der Waals surface area contributed by atoms with Gasteiger partial charge in [-0.3, -0.25) is 9.78 Å². The molecule has 1 heterocycles. The molecule has 14 heavy (non-hydrogen) atoms. The van der Waals surface area contributed by atoms with E-state index in [1.165, 1.54) is 18.9 Å². The molecular formula is C8H9BrN2O2S. The Morgan fingerprint density at radius 1 is 1.71 bits per heavy atom. The van der Waals surface area contributed by atoms with Crippen molar-refractivity contribution >= 4 is 39.3 Å². The van der Waals surface area contributed by atoms with Gasteiger partial charge in [0, 0.05) is 11.1 Å². The molecule has 0 radical (unpaired) electrons. The largest absolute Gasteiger partial charge is 0.468 e. The third kappa shape index (κ3) is 2.88. The zero-order valence-electron chi connectivity index (χ0n) is 7.49.